The molecule has 0 aromatic heterocycles. The van der Waals surface area contributed by atoms with Crippen LogP contribution in [0.5, 0.6) is 0 Å². The van der Waals surface area contributed by atoms with E-state index in [1.54, 1.807) is 0 Å². The second-order valence-electron chi connectivity index (χ2n) is 5.67. The summed E-state index contributed by atoms with van der Waals surface area (Å²) in [6.45, 7) is 5.91. The van der Waals surface area contributed by atoms with Gasteiger partial charge in [0.05, 0.1) is 6.54 Å². The average Bonchev–Trinajstić information content (AvgIpc) is 3.04. The van der Waals surface area contributed by atoms with E-state index in [1.165, 1.54) is 0 Å². The van der Waals surface area contributed by atoms with Crippen LogP contribution in [0.2, 0.25) is 0 Å². The van der Waals surface area contributed by atoms with Crippen molar-refractivity contribution in [2.75, 3.05) is 19.6 Å². The van der Waals surface area contributed by atoms with Gasteiger partial charge < -0.3 is 16.0 Å². The molecule has 0 saturated carbocycles. The fourth-order valence-corrected chi connectivity index (χ4v) is 2.47. The smallest absolute Gasteiger partial charge is 0.251 e. The number of aliphatic imine (C=N–C) groups is 1. The van der Waals surface area contributed by atoms with Gasteiger partial charge in [0.25, 0.3) is 5.91 Å². The highest BCUT2D eigenvalue weighted by atomic mass is 16.1. The predicted molar refractivity (Wildman–Crippen MR) is 94.8 cm³/mol. The van der Waals surface area contributed by atoms with Gasteiger partial charge in [-0.2, -0.15) is 0 Å². The summed E-state index contributed by atoms with van der Waals surface area (Å²) in [5, 5.41) is 9.55. The lowest BCUT2D eigenvalue weighted by Gasteiger charge is -2.16. The summed E-state index contributed by atoms with van der Waals surface area (Å²) in [4.78, 5) is 16.6. The van der Waals surface area contributed by atoms with Crippen molar-refractivity contribution in [1.29, 1.82) is 0 Å². The molecule has 0 saturated heterocycles. The fourth-order valence-electron chi connectivity index (χ4n) is 2.47. The predicted octanol–water partition coefficient (Wildman–Crippen LogP) is 2.00. The van der Waals surface area contributed by atoms with Crippen LogP contribution < -0.4 is 16.0 Å². The molecule has 0 heterocycles. The molecular formula is C18H26N4O. The van der Waals surface area contributed by atoms with Gasteiger partial charge in [0.2, 0.25) is 0 Å². The van der Waals surface area contributed by atoms with Crippen LogP contribution in [-0.4, -0.2) is 37.5 Å². The number of aryl methyl sites for hydroxylation is 1. The van der Waals surface area contributed by atoms with Crippen LogP contribution in [-0.2, 0) is 0 Å². The van der Waals surface area contributed by atoms with Crippen molar-refractivity contribution in [3.05, 3.63) is 47.5 Å². The molecule has 5 nitrogen and oxygen atoms in total. The van der Waals surface area contributed by atoms with Crippen LogP contribution in [0.4, 0.5) is 0 Å². The molecule has 1 amide bonds. The monoisotopic (exact) mass is 314 g/mol. The zero-order valence-corrected chi connectivity index (χ0v) is 13.9. The number of guanidine groups is 1. The molecule has 0 aliphatic heterocycles. The number of rotatable bonds is 6. The molecule has 124 valence electrons. The van der Waals surface area contributed by atoms with Gasteiger partial charge in [-0.15, -0.1) is 0 Å². The van der Waals surface area contributed by atoms with Crippen molar-refractivity contribution < 1.29 is 4.79 Å². The Labute approximate surface area is 138 Å². The maximum atomic E-state index is 12.0. The van der Waals surface area contributed by atoms with Crippen LogP contribution >= 0.6 is 0 Å². The molecule has 0 fully saturated rings. The summed E-state index contributed by atoms with van der Waals surface area (Å²) in [7, 11) is 0. The summed E-state index contributed by atoms with van der Waals surface area (Å²) in [6, 6.07) is 8.01. The first kappa shape index (κ1) is 17.1. The van der Waals surface area contributed by atoms with E-state index in [2.05, 4.69) is 33.1 Å². The summed E-state index contributed by atoms with van der Waals surface area (Å²) in [5.41, 5.74) is 1.77. The number of carbonyl (C=O) groups excluding carboxylic acids is 1. The lowest BCUT2D eigenvalue weighted by molar-refractivity contribution is 0.0954. The second kappa shape index (κ2) is 8.98. The third-order valence-electron chi connectivity index (χ3n) is 3.64. The molecule has 0 radical (unpaired) electrons. The van der Waals surface area contributed by atoms with Crippen molar-refractivity contribution in [2.45, 2.75) is 32.7 Å². The fraction of sp³-hybridized carbons (Fsp3) is 0.444. The van der Waals surface area contributed by atoms with Gasteiger partial charge in [-0.3, -0.25) is 9.79 Å². The maximum Gasteiger partial charge on any atom is 0.251 e. The third kappa shape index (κ3) is 5.77. The Kier molecular flexibility index (Phi) is 6.66. The minimum Gasteiger partial charge on any atom is -0.357 e. The van der Waals surface area contributed by atoms with Crippen LogP contribution in [0.25, 0.3) is 0 Å². The SMILES string of the molecule is CCNC(=NCCNC(=O)c1cccc(C)c1)NC1CC=CC1. The van der Waals surface area contributed by atoms with Gasteiger partial charge >= 0.3 is 0 Å². The van der Waals surface area contributed by atoms with Gasteiger partial charge in [-0.05, 0) is 38.8 Å². The molecule has 2 rings (SSSR count). The van der Waals surface area contributed by atoms with E-state index in [0.717, 1.165) is 30.9 Å². The Bertz CT molecular complexity index is 572. The van der Waals surface area contributed by atoms with E-state index in [1.807, 2.05) is 38.1 Å². The molecule has 23 heavy (non-hydrogen) atoms. The highest BCUT2D eigenvalue weighted by Gasteiger charge is 2.11. The Morgan fingerprint density at radius 1 is 1.26 bits per heavy atom. The molecule has 1 aliphatic carbocycles. The van der Waals surface area contributed by atoms with Crippen LogP contribution in [0.1, 0.15) is 35.7 Å². The molecule has 0 atom stereocenters. The van der Waals surface area contributed by atoms with E-state index in [-0.39, 0.29) is 5.91 Å². The highest BCUT2D eigenvalue weighted by molar-refractivity contribution is 5.94. The van der Waals surface area contributed by atoms with Gasteiger partial charge in [-0.25, -0.2) is 0 Å². The first-order chi connectivity index (χ1) is 11.2. The first-order valence-electron chi connectivity index (χ1n) is 8.23. The summed E-state index contributed by atoms with van der Waals surface area (Å²) in [5.74, 6) is 0.757. The number of amides is 1. The van der Waals surface area contributed by atoms with E-state index >= 15 is 0 Å². The lowest BCUT2D eigenvalue weighted by atomic mass is 10.1. The Hall–Kier alpha value is -2.30. The maximum absolute atomic E-state index is 12.0. The Morgan fingerprint density at radius 3 is 2.74 bits per heavy atom. The zero-order chi connectivity index (χ0) is 16.5. The van der Waals surface area contributed by atoms with Gasteiger partial charge in [0.15, 0.2) is 5.96 Å². The first-order valence-corrected chi connectivity index (χ1v) is 8.23. The van der Waals surface area contributed by atoms with Crippen molar-refractivity contribution >= 4 is 11.9 Å². The molecule has 3 N–H and O–H groups in total. The van der Waals surface area contributed by atoms with Crippen molar-refractivity contribution in [3.63, 3.8) is 0 Å². The number of nitrogens with one attached hydrogen (secondary N) is 3. The van der Waals surface area contributed by atoms with E-state index in [4.69, 9.17) is 0 Å². The highest BCUT2D eigenvalue weighted by Crippen LogP contribution is 2.08. The number of benzene rings is 1. The standard InChI is InChI=1S/C18H26N4O/c1-3-19-18(22-16-9-4-5-10-16)21-12-11-20-17(23)15-8-6-7-14(2)13-15/h4-8,13,16H,3,9-12H2,1-2H3,(H,20,23)(H2,19,21,22). The molecule has 0 unspecified atom stereocenters. The van der Waals surface area contributed by atoms with Crippen molar-refractivity contribution in [2.24, 2.45) is 4.99 Å². The summed E-state index contributed by atoms with van der Waals surface area (Å²) in [6.07, 6.45) is 6.44. The largest absolute Gasteiger partial charge is 0.357 e. The number of hydrogen-bond donors (Lipinski definition) is 3. The van der Waals surface area contributed by atoms with E-state index in [0.29, 0.717) is 24.7 Å². The number of hydrogen-bond acceptors (Lipinski definition) is 2. The summed E-state index contributed by atoms with van der Waals surface area (Å²) < 4.78 is 0. The Balaban J connectivity index is 1.77. The van der Waals surface area contributed by atoms with Crippen LogP contribution in [0.15, 0.2) is 41.4 Å². The van der Waals surface area contributed by atoms with Crippen LogP contribution in [0, 0.1) is 6.92 Å². The molecule has 1 aliphatic rings. The third-order valence-corrected chi connectivity index (χ3v) is 3.64. The van der Waals surface area contributed by atoms with Gasteiger partial charge in [0.1, 0.15) is 0 Å². The number of carbonyl (C=O) groups is 1. The summed E-state index contributed by atoms with van der Waals surface area (Å²) >= 11 is 0. The number of nitrogens with zero attached hydrogens (tertiary/aromatic N) is 1. The average molecular weight is 314 g/mol. The van der Waals surface area contributed by atoms with Gasteiger partial charge in [-0.1, -0.05) is 29.8 Å². The molecule has 1 aromatic carbocycles. The van der Waals surface area contributed by atoms with Crippen molar-refractivity contribution in [3.8, 4) is 0 Å². The normalized spacial score (nSPS) is 14.8. The van der Waals surface area contributed by atoms with E-state index in [9.17, 15) is 4.79 Å². The topological polar surface area (TPSA) is 65.5 Å². The Morgan fingerprint density at radius 2 is 2.04 bits per heavy atom. The molecular weight excluding hydrogens is 288 g/mol. The lowest BCUT2D eigenvalue weighted by Crippen LogP contribution is -2.43. The van der Waals surface area contributed by atoms with Crippen molar-refractivity contribution in [1.82, 2.24) is 16.0 Å². The quantitative estimate of drug-likeness (QED) is 0.326. The zero-order valence-electron chi connectivity index (χ0n) is 13.9. The minimum atomic E-state index is -0.0538. The van der Waals surface area contributed by atoms with E-state index < -0.39 is 0 Å². The molecule has 5 heteroatoms. The molecule has 1 aromatic rings. The molecule has 0 bridgehead atoms. The van der Waals surface area contributed by atoms with Gasteiger partial charge in [0, 0.05) is 24.7 Å². The minimum absolute atomic E-state index is 0.0538. The second-order valence-corrected chi connectivity index (χ2v) is 5.67. The van der Waals surface area contributed by atoms with Crippen LogP contribution in [0.3, 0.4) is 0 Å². The molecule has 0 spiro atoms.